The lowest BCUT2D eigenvalue weighted by atomic mass is 9.72. The molecule has 0 unspecified atom stereocenters. The summed E-state index contributed by atoms with van der Waals surface area (Å²) in [6.07, 6.45) is 0.514. The van der Waals surface area contributed by atoms with Crippen LogP contribution < -0.4 is 9.47 Å². The molecule has 3 rings (SSSR count). The molecular weight excluding hydrogens is 365 g/mol. The lowest BCUT2D eigenvalue weighted by Gasteiger charge is -2.39. The van der Waals surface area contributed by atoms with Crippen molar-refractivity contribution in [2.24, 2.45) is 0 Å². The molecular formula is C21H22FNO5. The average molecular weight is 387 g/mol. The third kappa shape index (κ3) is 3.40. The predicted octanol–water partition coefficient (Wildman–Crippen LogP) is 3.10. The number of carbonyl (C=O) groups is 2. The van der Waals surface area contributed by atoms with Gasteiger partial charge >= 0.3 is 5.97 Å². The molecule has 0 aromatic heterocycles. The van der Waals surface area contributed by atoms with Crippen molar-refractivity contribution in [3.05, 3.63) is 59.4 Å². The zero-order valence-electron chi connectivity index (χ0n) is 15.8. The average Bonchev–Trinajstić information content (AvgIpc) is 2.73. The number of piperidine rings is 1. The zero-order valence-corrected chi connectivity index (χ0v) is 15.8. The van der Waals surface area contributed by atoms with Crippen molar-refractivity contribution in [2.45, 2.75) is 18.3 Å². The predicted molar refractivity (Wildman–Crippen MR) is 100 cm³/mol. The summed E-state index contributed by atoms with van der Waals surface area (Å²) in [5, 5.41) is 9.86. The second-order valence-corrected chi connectivity index (χ2v) is 6.73. The van der Waals surface area contributed by atoms with E-state index in [4.69, 9.17) is 9.47 Å². The number of halogens is 1. The molecule has 6 nitrogen and oxygen atoms in total. The van der Waals surface area contributed by atoms with Gasteiger partial charge in [-0.2, -0.15) is 0 Å². The van der Waals surface area contributed by atoms with Crippen LogP contribution in [-0.4, -0.2) is 49.2 Å². The van der Waals surface area contributed by atoms with Gasteiger partial charge in [0.25, 0.3) is 5.91 Å². The molecule has 0 atom stereocenters. The number of hydrogen-bond donors (Lipinski definition) is 1. The van der Waals surface area contributed by atoms with Crippen LogP contribution in [0.25, 0.3) is 0 Å². The lowest BCUT2D eigenvalue weighted by Crippen LogP contribution is -2.49. The molecule has 1 aliphatic rings. The Bertz CT molecular complexity index is 876. The fraction of sp³-hybridized carbons (Fsp3) is 0.333. The highest BCUT2D eigenvalue weighted by Gasteiger charge is 2.44. The Morgan fingerprint density at radius 3 is 2.14 bits per heavy atom. The molecule has 148 valence electrons. The zero-order chi connectivity index (χ0) is 20.3. The topological polar surface area (TPSA) is 76.1 Å². The summed E-state index contributed by atoms with van der Waals surface area (Å²) >= 11 is 0. The normalized spacial score (nSPS) is 15.8. The summed E-state index contributed by atoms with van der Waals surface area (Å²) in [5.41, 5.74) is -0.458. The van der Waals surface area contributed by atoms with Crippen LogP contribution in [0.15, 0.2) is 42.5 Å². The summed E-state index contributed by atoms with van der Waals surface area (Å²) in [4.78, 5) is 26.4. The van der Waals surface area contributed by atoms with E-state index in [0.29, 0.717) is 5.56 Å². The number of ether oxygens (including phenoxy) is 2. The maximum Gasteiger partial charge on any atom is 0.314 e. The van der Waals surface area contributed by atoms with E-state index in [-0.39, 0.29) is 43.0 Å². The Morgan fingerprint density at radius 1 is 1.04 bits per heavy atom. The van der Waals surface area contributed by atoms with E-state index < -0.39 is 23.1 Å². The van der Waals surface area contributed by atoms with Gasteiger partial charge < -0.3 is 19.5 Å². The van der Waals surface area contributed by atoms with Crippen molar-refractivity contribution in [1.29, 1.82) is 0 Å². The van der Waals surface area contributed by atoms with E-state index in [0.717, 1.165) is 6.07 Å². The SMILES string of the molecule is COc1cc(F)c(C(=O)N2CCC(C(=O)O)(c3ccccc3)CC2)cc1OC. The van der Waals surface area contributed by atoms with E-state index >= 15 is 0 Å². The molecule has 0 aliphatic carbocycles. The van der Waals surface area contributed by atoms with Gasteiger partial charge in [-0.05, 0) is 24.5 Å². The standard InChI is InChI=1S/C21H22FNO5/c1-27-17-12-15(16(22)13-18(17)28-2)19(24)23-10-8-21(9-11-23,20(25)26)14-6-4-3-5-7-14/h3-7,12-13H,8-11H2,1-2H3,(H,25,26). The number of rotatable bonds is 5. The number of aliphatic carboxylic acids is 1. The number of nitrogens with zero attached hydrogens (tertiary/aromatic N) is 1. The number of carboxylic acid groups (broad SMARTS) is 1. The van der Waals surface area contributed by atoms with Crippen molar-refractivity contribution < 1.29 is 28.6 Å². The van der Waals surface area contributed by atoms with Crippen LogP contribution in [0.4, 0.5) is 4.39 Å². The van der Waals surface area contributed by atoms with E-state index in [1.807, 2.05) is 6.07 Å². The lowest BCUT2D eigenvalue weighted by molar-refractivity contribution is -0.145. The molecule has 28 heavy (non-hydrogen) atoms. The molecule has 1 aliphatic heterocycles. The second-order valence-electron chi connectivity index (χ2n) is 6.73. The molecule has 1 N–H and O–H groups in total. The number of amides is 1. The Balaban J connectivity index is 1.83. The van der Waals surface area contributed by atoms with Crippen molar-refractivity contribution in [3.63, 3.8) is 0 Å². The summed E-state index contributed by atoms with van der Waals surface area (Å²) in [7, 11) is 2.80. The number of hydrogen-bond acceptors (Lipinski definition) is 4. The fourth-order valence-electron chi connectivity index (χ4n) is 3.66. The van der Waals surface area contributed by atoms with Crippen molar-refractivity contribution in [2.75, 3.05) is 27.3 Å². The molecule has 0 saturated carbocycles. The van der Waals surface area contributed by atoms with Gasteiger partial charge in [-0.3, -0.25) is 9.59 Å². The molecule has 1 saturated heterocycles. The number of methoxy groups -OCH3 is 2. The van der Waals surface area contributed by atoms with Gasteiger partial charge in [0.05, 0.1) is 25.2 Å². The van der Waals surface area contributed by atoms with E-state index in [9.17, 15) is 19.1 Å². The van der Waals surface area contributed by atoms with Gasteiger partial charge in [0, 0.05) is 19.2 Å². The van der Waals surface area contributed by atoms with Crippen LogP contribution >= 0.6 is 0 Å². The van der Waals surface area contributed by atoms with Gasteiger partial charge in [0.15, 0.2) is 11.5 Å². The van der Waals surface area contributed by atoms with Crippen LogP contribution in [0.3, 0.4) is 0 Å². The summed E-state index contributed by atoms with van der Waals surface area (Å²) < 4.78 is 24.6. The highest BCUT2D eigenvalue weighted by atomic mass is 19.1. The Labute approximate surface area is 162 Å². The minimum atomic E-state index is -1.05. The van der Waals surface area contributed by atoms with E-state index in [1.165, 1.54) is 25.2 Å². The highest BCUT2D eigenvalue weighted by Crippen LogP contribution is 2.37. The van der Waals surface area contributed by atoms with E-state index in [2.05, 4.69) is 0 Å². The Morgan fingerprint density at radius 2 is 1.61 bits per heavy atom. The summed E-state index contributed by atoms with van der Waals surface area (Å²) in [5.74, 6) is -1.66. The first-order valence-electron chi connectivity index (χ1n) is 8.92. The minimum Gasteiger partial charge on any atom is -0.493 e. The first-order valence-corrected chi connectivity index (χ1v) is 8.92. The van der Waals surface area contributed by atoms with Crippen LogP contribution in [0.5, 0.6) is 11.5 Å². The number of carbonyl (C=O) groups excluding carboxylic acids is 1. The largest absolute Gasteiger partial charge is 0.493 e. The molecule has 2 aromatic carbocycles. The minimum absolute atomic E-state index is 0.125. The van der Waals surface area contributed by atoms with Crippen LogP contribution in [-0.2, 0) is 10.2 Å². The van der Waals surface area contributed by atoms with E-state index in [1.54, 1.807) is 24.3 Å². The van der Waals surface area contributed by atoms with Crippen LogP contribution in [0.2, 0.25) is 0 Å². The van der Waals surface area contributed by atoms with Gasteiger partial charge in [0.2, 0.25) is 0 Å². The quantitative estimate of drug-likeness (QED) is 0.853. The first-order chi connectivity index (χ1) is 13.4. The third-order valence-electron chi connectivity index (χ3n) is 5.34. The van der Waals surface area contributed by atoms with Gasteiger partial charge in [0.1, 0.15) is 5.82 Å². The first kappa shape index (κ1) is 19.7. The van der Waals surface area contributed by atoms with Crippen molar-refractivity contribution in [3.8, 4) is 11.5 Å². The van der Waals surface area contributed by atoms with Crippen LogP contribution in [0.1, 0.15) is 28.8 Å². The smallest absolute Gasteiger partial charge is 0.314 e. The summed E-state index contributed by atoms with van der Waals surface area (Å²) in [6.45, 7) is 0.432. The molecule has 0 spiro atoms. The maximum atomic E-state index is 14.4. The maximum absolute atomic E-state index is 14.4. The number of carboxylic acids is 1. The highest BCUT2D eigenvalue weighted by molar-refractivity contribution is 5.95. The molecule has 1 fully saturated rings. The second kappa shape index (κ2) is 7.88. The molecule has 2 aromatic rings. The Kier molecular flexibility index (Phi) is 5.53. The number of likely N-dealkylation sites (tertiary alicyclic amines) is 1. The molecule has 1 heterocycles. The molecule has 7 heteroatoms. The van der Waals surface area contributed by atoms with Gasteiger partial charge in [-0.25, -0.2) is 4.39 Å². The molecule has 0 bridgehead atoms. The van der Waals surface area contributed by atoms with Gasteiger partial charge in [-0.1, -0.05) is 30.3 Å². The molecule has 1 amide bonds. The van der Waals surface area contributed by atoms with Gasteiger partial charge in [-0.15, -0.1) is 0 Å². The monoisotopic (exact) mass is 387 g/mol. The number of benzene rings is 2. The Hall–Kier alpha value is -3.09. The summed E-state index contributed by atoms with van der Waals surface area (Å²) in [6, 6.07) is 11.4. The van der Waals surface area contributed by atoms with Crippen molar-refractivity contribution >= 4 is 11.9 Å². The van der Waals surface area contributed by atoms with Crippen molar-refractivity contribution in [1.82, 2.24) is 4.90 Å². The third-order valence-corrected chi connectivity index (χ3v) is 5.34. The fourth-order valence-corrected chi connectivity index (χ4v) is 3.66. The van der Waals surface area contributed by atoms with Crippen LogP contribution in [0, 0.1) is 5.82 Å². The molecule has 0 radical (unpaired) electrons.